The first-order valence-electron chi connectivity index (χ1n) is 6.80. The number of aryl methyl sites for hydroxylation is 1. The van der Waals surface area contributed by atoms with Crippen molar-refractivity contribution in [3.63, 3.8) is 0 Å². The maximum absolute atomic E-state index is 12.8. The Labute approximate surface area is 140 Å². The van der Waals surface area contributed by atoms with Crippen molar-refractivity contribution in [2.75, 3.05) is 5.32 Å². The summed E-state index contributed by atoms with van der Waals surface area (Å²) in [5.41, 5.74) is -1.28. The summed E-state index contributed by atoms with van der Waals surface area (Å²) < 4.78 is 77.7. The number of alkyl halides is 6. The fourth-order valence-electron chi connectivity index (χ4n) is 2.10. The average molecular weight is 378 g/mol. The van der Waals surface area contributed by atoms with Gasteiger partial charge in [0, 0.05) is 13.2 Å². The number of carbonyl (C=O) groups excluding carboxylic acids is 1. The van der Waals surface area contributed by atoms with Crippen molar-refractivity contribution in [1.82, 2.24) is 24.1 Å². The third kappa shape index (κ3) is 3.19. The Bertz CT molecular complexity index is 985. The van der Waals surface area contributed by atoms with Crippen molar-refractivity contribution in [3.8, 4) is 0 Å². The maximum atomic E-state index is 12.8. The van der Waals surface area contributed by atoms with Gasteiger partial charge in [-0.1, -0.05) is 0 Å². The van der Waals surface area contributed by atoms with Crippen LogP contribution in [0.2, 0.25) is 0 Å². The number of anilines is 1. The summed E-state index contributed by atoms with van der Waals surface area (Å²) in [6.07, 6.45) is -7.80. The van der Waals surface area contributed by atoms with Crippen LogP contribution in [-0.4, -0.2) is 30.1 Å². The molecule has 1 amide bonds. The zero-order valence-corrected chi connectivity index (χ0v) is 12.7. The van der Waals surface area contributed by atoms with Gasteiger partial charge in [0.05, 0.1) is 11.8 Å². The van der Waals surface area contributed by atoms with Gasteiger partial charge in [0.15, 0.2) is 0 Å². The molecular weight excluding hydrogens is 370 g/mol. The first kappa shape index (κ1) is 17.7. The van der Waals surface area contributed by atoms with Gasteiger partial charge in [-0.05, 0) is 12.1 Å². The standard InChI is InChI=1S/C13H8F6N6O/c1-24-11(22-10(23-24)13(17,18)19)21-9(26)7-4-20-8-3-2-6(5-25(7)8)12(14,15)16/h2-5H,1H3,(H,21,22,23,26). The summed E-state index contributed by atoms with van der Waals surface area (Å²) >= 11 is 0. The molecule has 0 aliphatic heterocycles. The van der Waals surface area contributed by atoms with E-state index < -0.39 is 35.6 Å². The second-order valence-corrected chi connectivity index (χ2v) is 5.12. The fourth-order valence-corrected chi connectivity index (χ4v) is 2.10. The van der Waals surface area contributed by atoms with Crippen LogP contribution in [0.1, 0.15) is 21.9 Å². The number of rotatable bonds is 2. The second kappa shape index (κ2) is 5.71. The molecule has 1 N–H and O–H groups in total. The number of aromatic nitrogens is 5. The lowest BCUT2D eigenvalue weighted by Crippen LogP contribution is -2.17. The Kier molecular flexibility index (Phi) is 3.88. The number of nitrogens with zero attached hydrogens (tertiary/aromatic N) is 5. The number of fused-ring (bicyclic) bond motifs is 1. The Morgan fingerprint density at radius 2 is 1.81 bits per heavy atom. The lowest BCUT2D eigenvalue weighted by Gasteiger charge is -2.08. The third-order valence-electron chi connectivity index (χ3n) is 3.31. The minimum absolute atomic E-state index is 0.0529. The smallest absolute Gasteiger partial charge is 0.295 e. The maximum Gasteiger partial charge on any atom is 0.453 e. The van der Waals surface area contributed by atoms with Crippen LogP contribution in [0.5, 0.6) is 0 Å². The number of pyridine rings is 1. The van der Waals surface area contributed by atoms with Crippen LogP contribution in [0, 0.1) is 0 Å². The molecule has 3 aromatic rings. The molecule has 3 heterocycles. The summed E-state index contributed by atoms with van der Waals surface area (Å²) in [6.45, 7) is 0. The number of nitrogens with one attached hydrogen (secondary N) is 1. The van der Waals surface area contributed by atoms with Crippen LogP contribution in [0.15, 0.2) is 24.5 Å². The van der Waals surface area contributed by atoms with Gasteiger partial charge < -0.3 is 0 Å². The number of amides is 1. The molecular formula is C13H8F6N6O. The minimum atomic E-state index is -4.81. The molecule has 0 spiro atoms. The molecule has 0 atom stereocenters. The zero-order valence-electron chi connectivity index (χ0n) is 12.7. The van der Waals surface area contributed by atoms with E-state index in [0.717, 1.165) is 29.8 Å². The molecule has 0 unspecified atom stereocenters. The average Bonchev–Trinajstić information content (AvgIpc) is 3.09. The molecule has 0 saturated carbocycles. The van der Waals surface area contributed by atoms with Gasteiger partial charge >= 0.3 is 12.4 Å². The number of carbonyl (C=O) groups is 1. The van der Waals surface area contributed by atoms with Crippen molar-refractivity contribution in [2.24, 2.45) is 7.05 Å². The summed E-state index contributed by atoms with van der Waals surface area (Å²) in [7, 11) is 1.12. The monoisotopic (exact) mass is 378 g/mol. The zero-order chi connectivity index (χ0) is 19.3. The fraction of sp³-hybridized carbons (Fsp3) is 0.231. The first-order valence-corrected chi connectivity index (χ1v) is 6.80. The van der Waals surface area contributed by atoms with Crippen molar-refractivity contribution in [2.45, 2.75) is 12.4 Å². The highest BCUT2D eigenvalue weighted by molar-refractivity contribution is 6.02. The normalized spacial score (nSPS) is 12.6. The predicted molar refractivity (Wildman–Crippen MR) is 74.2 cm³/mol. The van der Waals surface area contributed by atoms with Gasteiger partial charge in [-0.3, -0.25) is 14.5 Å². The molecule has 138 valence electrons. The van der Waals surface area contributed by atoms with Crippen LogP contribution in [0.25, 0.3) is 5.65 Å². The topological polar surface area (TPSA) is 77.1 Å². The van der Waals surface area contributed by atoms with Crippen LogP contribution >= 0.6 is 0 Å². The molecule has 3 aromatic heterocycles. The molecule has 3 rings (SSSR count). The van der Waals surface area contributed by atoms with E-state index >= 15 is 0 Å². The van der Waals surface area contributed by atoms with Gasteiger partial charge in [0.2, 0.25) is 5.95 Å². The summed E-state index contributed by atoms with van der Waals surface area (Å²) in [6, 6.07) is 1.85. The Hall–Kier alpha value is -3.12. The van der Waals surface area contributed by atoms with Crippen molar-refractivity contribution < 1.29 is 31.1 Å². The molecule has 13 heteroatoms. The first-order chi connectivity index (χ1) is 12.0. The number of imidazole rings is 1. The Morgan fingerprint density at radius 1 is 1.12 bits per heavy atom. The van der Waals surface area contributed by atoms with Crippen LogP contribution in [-0.2, 0) is 19.4 Å². The van der Waals surface area contributed by atoms with E-state index in [9.17, 15) is 31.1 Å². The SMILES string of the molecule is Cn1nc(C(F)(F)F)nc1NC(=O)c1cnc2ccc(C(F)(F)F)cn12. The molecule has 0 saturated heterocycles. The van der Waals surface area contributed by atoms with Crippen LogP contribution < -0.4 is 5.32 Å². The van der Waals surface area contributed by atoms with Crippen molar-refractivity contribution in [1.29, 1.82) is 0 Å². The summed E-state index contributed by atoms with van der Waals surface area (Å²) in [5.74, 6) is -2.99. The second-order valence-electron chi connectivity index (χ2n) is 5.12. The van der Waals surface area contributed by atoms with E-state index in [4.69, 9.17) is 0 Å². The van der Waals surface area contributed by atoms with Crippen molar-refractivity contribution >= 4 is 17.5 Å². The van der Waals surface area contributed by atoms with E-state index in [2.05, 4.69) is 20.4 Å². The third-order valence-corrected chi connectivity index (χ3v) is 3.31. The van der Waals surface area contributed by atoms with Crippen molar-refractivity contribution in [3.05, 3.63) is 41.6 Å². The van der Waals surface area contributed by atoms with Gasteiger partial charge in [0.25, 0.3) is 11.7 Å². The van der Waals surface area contributed by atoms with E-state index in [0.29, 0.717) is 10.9 Å². The van der Waals surface area contributed by atoms with E-state index in [1.165, 1.54) is 0 Å². The summed E-state index contributed by atoms with van der Waals surface area (Å²) in [4.78, 5) is 19.2. The molecule has 0 aliphatic rings. The molecule has 0 aliphatic carbocycles. The lowest BCUT2D eigenvalue weighted by molar-refractivity contribution is -0.145. The van der Waals surface area contributed by atoms with Gasteiger partial charge in [0.1, 0.15) is 11.3 Å². The lowest BCUT2D eigenvalue weighted by atomic mass is 10.3. The van der Waals surface area contributed by atoms with E-state index in [-0.39, 0.29) is 11.3 Å². The predicted octanol–water partition coefficient (Wildman–Crippen LogP) is 2.75. The largest absolute Gasteiger partial charge is 0.453 e. The van der Waals surface area contributed by atoms with E-state index in [1.54, 1.807) is 0 Å². The number of halogens is 6. The molecule has 0 bridgehead atoms. The van der Waals surface area contributed by atoms with Crippen LogP contribution in [0.4, 0.5) is 32.3 Å². The number of hydrogen-bond acceptors (Lipinski definition) is 4. The molecule has 26 heavy (non-hydrogen) atoms. The highest BCUT2D eigenvalue weighted by Crippen LogP contribution is 2.30. The number of hydrogen-bond donors (Lipinski definition) is 1. The molecule has 0 fully saturated rings. The van der Waals surface area contributed by atoms with E-state index in [1.807, 2.05) is 0 Å². The highest BCUT2D eigenvalue weighted by Gasteiger charge is 2.37. The Morgan fingerprint density at radius 3 is 2.38 bits per heavy atom. The molecule has 7 nitrogen and oxygen atoms in total. The van der Waals surface area contributed by atoms with Gasteiger partial charge in [-0.2, -0.15) is 31.3 Å². The molecule has 0 aromatic carbocycles. The van der Waals surface area contributed by atoms with Gasteiger partial charge in [-0.25, -0.2) is 9.67 Å². The summed E-state index contributed by atoms with van der Waals surface area (Å²) in [5, 5.41) is 5.18. The van der Waals surface area contributed by atoms with Crippen LogP contribution in [0.3, 0.4) is 0 Å². The Balaban J connectivity index is 1.95. The quantitative estimate of drug-likeness (QED) is 0.696. The highest BCUT2D eigenvalue weighted by atomic mass is 19.4. The molecule has 0 radical (unpaired) electrons. The minimum Gasteiger partial charge on any atom is -0.295 e. The van der Waals surface area contributed by atoms with Gasteiger partial charge in [-0.15, -0.1) is 5.10 Å².